The fourth-order valence-electron chi connectivity index (χ4n) is 3.01. The van der Waals surface area contributed by atoms with Gasteiger partial charge in [0.15, 0.2) is 0 Å². The van der Waals surface area contributed by atoms with E-state index in [0.29, 0.717) is 17.5 Å². The number of hydrogen-bond acceptors (Lipinski definition) is 5. The highest BCUT2D eigenvalue weighted by Gasteiger charge is 2.18. The number of aromatic nitrogens is 1. The van der Waals surface area contributed by atoms with Gasteiger partial charge < -0.3 is 19.4 Å². The number of rotatable bonds is 5. The van der Waals surface area contributed by atoms with Crippen LogP contribution in [0.1, 0.15) is 32.0 Å². The molecule has 1 aromatic carbocycles. The van der Waals surface area contributed by atoms with E-state index in [1.807, 2.05) is 12.1 Å². The van der Waals surface area contributed by atoms with Gasteiger partial charge in [0.25, 0.3) is 0 Å². The Morgan fingerprint density at radius 1 is 1.19 bits per heavy atom. The highest BCUT2D eigenvalue weighted by molar-refractivity contribution is 5.59. The van der Waals surface area contributed by atoms with Crippen LogP contribution < -0.4 is 10.2 Å². The number of nitrogens with one attached hydrogen (secondary N) is 2. The van der Waals surface area contributed by atoms with Gasteiger partial charge >= 0.3 is 0 Å². The van der Waals surface area contributed by atoms with Crippen molar-refractivity contribution in [3.63, 3.8) is 0 Å². The van der Waals surface area contributed by atoms with Crippen LogP contribution in [0, 0.1) is 11.3 Å². The normalized spacial score (nSPS) is 15.6. The predicted molar refractivity (Wildman–Crippen MR) is 100 cm³/mol. The molecule has 138 valence electrons. The fraction of sp³-hybridized carbons (Fsp3) is 0.500. The van der Waals surface area contributed by atoms with Gasteiger partial charge in [-0.15, -0.1) is 0 Å². The van der Waals surface area contributed by atoms with Gasteiger partial charge in [-0.3, -0.25) is 0 Å². The van der Waals surface area contributed by atoms with Crippen molar-refractivity contribution in [2.24, 2.45) is 0 Å². The van der Waals surface area contributed by atoms with Crippen molar-refractivity contribution < 1.29 is 14.1 Å². The van der Waals surface area contributed by atoms with E-state index in [-0.39, 0.29) is 5.41 Å². The van der Waals surface area contributed by atoms with Crippen LogP contribution in [0.5, 0.6) is 0 Å². The number of anilines is 1. The lowest BCUT2D eigenvalue weighted by atomic mass is 9.87. The van der Waals surface area contributed by atoms with E-state index < -0.39 is 0 Å². The van der Waals surface area contributed by atoms with Crippen molar-refractivity contribution >= 4 is 5.88 Å². The molecule has 0 spiro atoms. The maximum Gasteiger partial charge on any atom is 0.232 e. The molecule has 0 saturated carbocycles. The lowest BCUT2D eigenvalue weighted by Gasteiger charge is -2.23. The van der Waals surface area contributed by atoms with Crippen LogP contribution >= 0.6 is 0 Å². The summed E-state index contributed by atoms with van der Waals surface area (Å²) in [6.45, 7) is 11.9. The van der Waals surface area contributed by atoms with Gasteiger partial charge in [-0.2, -0.15) is 10.2 Å². The van der Waals surface area contributed by atoms with E-state index in [1.165, 1.54) is 10.5 Å². The van der Waals surface area contributed by atoms with Crippen LogP contribution in [-0.2, 0) is 10.2 Å². The van der Waals surface area contributed by atoms with Crippen LogP contribution in [-0.4, -0.2) is 44.4 Å². The average Bonchev–Trinajstić information content (AvgIpc) is 3.05. The molecule has 2 N–H and O–H groups in total. The van der Waals surface area contributed by atoms with E-state index in [1.54, 1.807) is 0 Å². The van der Waals surface area contributed by atoms with Crippen LogP contribution in [0.15, 0.2) is 28.7 Å². The van der Waals surface area contributed by atoms with E-state index in [2.05, 4.69) is 49.3 Å². The molecule has 1 saturated heterocycles. The summed E-state index contributed by atoms with van der Waals surface area (Å²) in [5.74, 6) is 0.929. The molecule has 1 aliphatic rings. The van der Waals surface area contributed by atoms with Crippen LogP contribution in [0.25, 0.3) is 11.5 Å². The quantitative estimate of drug-likeness (QED) is 0.856. The number of hydrogen-bond donors (Lipinski definition) is 2. The lowest BCUT2D eigenvalue weighted by Crippen LogP contribution is -3.14. The molecule has 26 heavy (non-hydrogen) atoms. The van der Waals surface area contributed by atoms with E-state index in [4.69, 9.17) is 9.15 Å². The summed E-state index contributed by atoms with van der Waals surface area (Å²) in [7, 11) is 0. The minimum absolute atomic E-state index is 0.0987. The van der Waals surface area contributed by atoms with Crippen molar-refractivity contribution in [3.8, 4) is 17.5 Å². The van der Waals surface area contributed by atoms with Crippen LogP contribution in [0.4, 0.5) is 5.88 Å². The Labute approximate surface area is 154 Å². The van der Waals surface area contributed by atoms with E-state index in [0.717, 1.165) is 45.0 Å². The van der Waals surface area contributed by atoms with Crippen molar-refractivity contribution in [1.29, 1.82) is 5.26 Å². The molecule has 1 fully saturated rings. The summed E-state index contributed by atoms with van der Waals surface area (Å²) in [5.41, 5.74) is 2.53. The molecule has 2 aromatic rings. The first-order valence-corrected chi connectivity index (χ1v) is 9.14. The topological polar surface area (TPSA) is 75.5 Å². The van der Waals surface area contributed by atoms with Gasteiger partial charge in [-0.25, -0.2) is 0 Å². The molecule has 0 atom stereocenters. The number of nitriles is 1. The third kappa shape index (κ3) is 4.43. The minimum atomic E-state index is 0.0987. The summed E-state index contributed by atoms with van der Waals surface area (Å²) in [5, 5.41) is 12.6. The number of oxazole rings is 1. The Hall–Kier alpha value is -2.36. The Morgan fingerprint density at radius 2 is 1.88 bits per heavy atom. The summed E-state index contributed by atoms with van der Waals surface area (Å²) in [4.78, 5) is 5.84. The van der Waals surface area contributed by atoms with Crippen molar-refractivity contribution in [1.82, 2.24) is 4.98 Å². The maximum absolute atomic E-state index is 9.34. The first-order valence-electron chi connectivity index (χ1n) is 9.14. The first kappa shape index (κ1) is 18.4. The number of nitrogens with zero attached hydrogens (tertiary/aromatic N) is 2. The Bertz CT molecular complexity index is 763. The summed E-state index contributed by atoms with van der Waals surface area (Å²) in [6.07, 6.45) is 0. The molecule has 0 radical (unpaired) electrons. The third-order valence-electron chi connectivity index (χ3n) is 4.69. The Morgan fingerprint density at radius 3 is 2.50 bits per heavy atom. The smallest absolute Gasteiger partial charge is 0.232 e. The molecule has 0 bridgehead atoms. The first-order chi connectivity index (χ1) is 12.5. The standard InChI is InChI=1S/C20H26N4O2/c1-20(2,3)16-6-4-15(5-7-16)18-23-17(14-21)19(26-18)22-8-9-24-10-12-25-13-11-24/h4-7,22H,8-13H2,1-3H3/p+1. The number of quaternary nitrogens is 1. The summed E-state index contributed by atoms with van der Waals surface area (Å²) < 4.78 is 11.2. The monoisotopic (exact) mass is 355 g/mol. The van der Waals surface area contributed by atoms with E-state index in [9.17, 15) is 5.26 Å². The molecule has 6 heteroatoms. The van der Waals surface area contributed by atoms with Gasteiger partial charge in [0, 0.05) is 5.56 Å². The van der Waals surface area contributed by atoms with Gasteiger partial charge in [-0.1, -0.05) is 32.9 Å². The highest BCUT2D eigenvalue weighted by Crippen LogP contribution is 2.28. The number of morpholine rings is 1. The molecule has 6 nitrogen and oxygen atoms in total. The molecule has 0 aliphatic carbocycles. The zero-order valence-electron chi connectivity index (χ0n) is 15.8. The third-order valence-corrected chi connectivity index (χ3v) is 4.69. The number of benzene rings is 1. The van der Waals surface area contributed by atoms with E-state index >= 15 is 0 Å². The Balaban J connectivity index is 1.67. The van der Waals surface area contributed by atoms with Gasteiger partial charge in [0.05, 0.1) is 26.3 Å². The lowest BCUT2D eigenvalue weighted by molar-refractivity contribution is -0.906. The van der Waals surface area contributed by atoms with Crippen molar-refractivity contribution in [2.45, 2.75) is 26.2 Å². The second-order valence-corrected chi connectivity index (χ2v) is 7.68. The van der Waals surface area contributed by atoms with Gasteiger partial charge in [-0.05, 0) is 23.1 Å². The van der Waals surface area contributed by atoms with Crippen molar-refractivity contribution in [2.75, 3.05) is 44.7 Å². The molecule has 0 unspecified atom stereocenters. The Kier molecular flexibility index (Phi) is 5.60. The zero-order chi connectivity index (χ0) is 18.6. The molecular weight excluding hydrogens is 328 g/mol. The summed E-state index contributed by atoms with van der Waals surface area (Å²) in [6, 6.07) is 10.3. The molecule has 0 amide bonds. The second-order valence-electron chi connectivity index (χ2n) is 7.68. The van der Waals surface area contributed by atoms with Crippen LogP contribution in [0.2, 0.25) is 0 Å². The predicted octanol–water partition coefficient (Wildman–Crippen LogP) is 1.84. The summed E-state index contributed by atoms with van der Waals surface area (Å²) >= 11 is 0. The largest absolute Gasteiger partial charge is 0.419 e. The molecule has 1 aromatic heterocycles. The molecular formula is C20H27N4O2+. The van der Waals surface area contributed by atoms with Gasteiger partial charge in [0.1, 0.15) is 19.2 Å². The number of ether oxygens (including phenoxy) is 1. The maximum atomic E-state index is 9.34. The fourth-order valence-corrected chi connectivity index (χ4v) is 3.01. The van der Waals surface area contributed by atoms with Crippen LogP contribution in [0.3, 0.4) is 0 Å². The average molecular weight is 355 g/mol. The SMILES string of the molecule is CC(C)(C)c1ccc(-c2nc(C#N)c(NCC[NH+]3CCOCC3)o2)cc1. The zero-order valence-corrected chi connectivity index (χ0v) is 15.8. The molecule has 3 rings (SSSR count). The van der Waals surface area contributed by atoms with Crippen molar-refractivity contribution in [3.05, 3.63) is 35.5 Å². The molecule has 1 aliphatic heterocycles. The van der Waals surface area contributed by atoms with Gasteiger partial charge in [0.2, 0.25) is 17.5 Å². The minimum Gasteiger partial charge on any atom is -0.419 e. The molecule has 2 heterocycles. The highest BCUT2D eigenvalue weighted by atomic mass is 16.5. The second kappa shape index (κ2) is 7.90.